The van der Waals surface area contributed by atoms with E-state index in [1.54, 1.807) is 0 Å². The summed E-state index contributed by atoms with van der Waals surface area (Å²) in [6.07, 6.45) is 0. The van der Waals surface area contributed by atoms with Crippen LogP contribution >= 0.6 is 0 Å². The molecule has 0 fully saturated rings. The third-order valence-corrected chi connectivity index (χ3v) is 11.1. The van der Waals surface area contributed by atoms with Crippen molar-refractivity contribution >= 4 is 21.5 Å². The van der Waals surface area contributed by atoms with Crippen LogP contribution in [0.25, 0.3) is 88.8 Å². The first-order chi connectivity index (χ1) is 26.0. The number of hydrogen-bond acceptors (Lipinski definition) is 2. The fourth-order valence-electron chi connectivity index (χ4n) is 8.45. The van der Waals surface area contributed by atoms with Crippen LogP contribution in [0.3, 0.4) is 0 Å². The predicted molar refractivity (Wildman–Crippen MR) is 222 cm³/mol. The van der Waals surface area contributed by atoms with Gasteiger partial charge in [-0.2, -0.15) is 0 Å². The van der Waals surface area contributed by atoms with Gasteiger partial charge in [-0.1, -0.05) is 184 Å². The van der Waals surface area contributed by atoms with E-state index < -0.39 is 0 Å². The molecule has 0 saturated carbocycles. The zero-order valence-corrected chi connectivity index (χ0v) is 29.7. The molecule has 0 atom stereocenters. The first kappa shape index (κ1) is 31.1. The quantitative estimate of drug-likeness (QED) is 0.181. The topological polar surface area (TPSA) is 25.8 Å². The van der Waals surface area contributed by atoms with Gasteiger partial charge in [0.2, 0.25) is 0 Å². The van der Waals surface area contributed by atoms with Crippen LogP contribution in [0.5, 0.6) is 0 Å². The lowest BCUT2D eigenvalue weighted by atomic mass is 9.79. The zero-order valence-electron chi connectivity index (χ0n) is 29.7. The van der Waals surface area contributed by atoms with Crippen LogP contribution in [0.2, 0.25) is 0 Å². The van der Waals surface area contributed by atoms with Crippen molar-refractivity contribution in [3.8, 4) is 67.3 Å². The molecule has 0 aliphatic heterocycles. The molecular formula is C51H36N2. The van der Waals surface area contributed by atoms with Crippen molar-refractivity contribution in [2.75, 3.05) is 0 Å². The molecule has 0 bridgehead atoms. The van der Waals surface area contributed by atoms with E-state index in [1.165, 1.54) is 66.1 Å². The Balaban J connectivity index is 1.03. The maximum Gasteiger partial charge on any atom is 0.160 e. The Morgan fingerprint density at radius 1 is 0.358 bits per heavy atom. The lowest BCUT2D eigenvalue weighted by Crippen LogP contribution is -2.15. The molecular weight excluding hydrogens is 641 g/mol. The standard InChI is InChI=1S/C51H36N2/c1-51(2)46-31-38(26-27-43(46)45-28-25-34-13-9-10-18-40(34)49(45)51)33-21-23-35(24-22-33)39-29-30-44(42-20-12-11-19-41(39)42)48-32-47(36-14-5-3-6-15-36)52-50(53-48)37-16-7-4-8-17-37/h3-32H,1-2H3. The maximum absolute atomic E-state index is 5.15. The summed E-state index contributed by atoms with van der Waals surface area (Å²) in [7, 11) is 0. The molecule has 1 aromatic heterocycles. The highest BCUT2D eigenvalue weighted by molar-refractivity contribution is 6.05. The normalized spacial score (nSPS) is 12.9. The first-order valence-electron chi connectivity index (χ1n) is 18.3. The monoisotopic (exact) mass is 676 g/mol. The van der Waals surface area contributed by atoms with E-state index in [-0.39, 0.29) is 5.41 Å². The Kier molecular flexibility index (Phi) is 7.19. The third kappa shape index (κ3) is 5.18. The van der Waals surface area contributed by atoms with Crippen molar-refractivity contribution in [2.45, 2.75) is 19.3 Å². The minimum Gasteiger partial charge on any atom is -0.228 e. The van der Waals surface area contributed by atoms with Crippen molar-refractivity contribution in [3.63, 3.8) is 0 Å². The predicted octanol–water partition coefficient (Wildman–Crippen LogP) is 13.4. The number of benzene rings is 8. The van der Waals surface area contributed by atoms with Gasteiger partial charge in [-0.15, -0.1) is 0 Å². The van der Waals surface area contributed by atoms with Crippen molar-refractivity contribution < 1.29 is 0 Å². The molecule has 2 heteroatoms. The fraction of sp³-hybridized carbons (Fsp3) is 0.0588. The van der Waals surface area contributed by atoms with Crippen LogP contribution in [-0.2, 0) is 5.41 Å². The van der Waals surface area contributed by atoms with Gasteiger partial charge in [0.1, 0.15) is 0 Å². The molecule has 0 amide bonds. The van der Waals surface area contributed by atoms with Gasteiger partial charge >= 0.3 is 0 Å². The van der Waals surface area contributed by atoms with E-state index in [0.717, 1.165) is 33.9 Å². The van der Waals surface area contributed by atoms with Gasteiger partial charge in [0, 0.05) is 22.1 Å². The van der Waals surface area contributed by atoms with Crippen LogP contribution in [0.15, 0.2) is 182 Å². The molecule has 0 spiro atoms. The summed E-state index contributed by atoms with van der Waals surface area (Å²) in [4.78, 5) is 10.2. The lowest BCUT2D eigenvalue weighted by Gasteiger charge is -2.23. The Labute approximate surface area is 310 Å². The van der Waals surface area contributed by atoms with Crippen LogP contribution in [0, 0.1) is 0 Å². The van der Waals surface area contributed by atoms with Gasteiger partial charge in [-0.25, -0.2) is 9.97 Å². The second-order valence-corrected chi connectivity index (χ2v) is 14.6. The smallest absolute Gasteiger partial charge is 0.160 e. The van der Waals surface area contributed by atoms with Gasteiger partial charge < -0.3 is 0 Å². The molecule has 8 aromatic carbocycles. The number of hydrogen-bond donors (Lipinski definition) is 0. The third-order valence-electron chi connectivity index (χ3n) is 11.1. The molecule has 1 heterocycles. The highest BCUT2D eigenvalue weighted by atomic mass is 14.9. The molecule has 0 unspecified atom stereocenters. The number of rotatable bonds is 5. The van der Waals surface area contributed by atoms with Crippen LogP contribution in [-0.4, -0.2) is 9.97 Å². The fourth-order valence-corrected chi connectivity index (χ4v) is 8.45. The van der Waals surface area contributed by atoms with Gasteiger partial charge in [0.05, 0.1) is 11.4 Å². The second-order valence-electron chi connectivity index (χ2n) is 14.6. The summed E-state index contributed by atoms with van der Waals surface area (Å²) in [5.41, 5.74) is 15.3. The first-order valence-corrected chi connectivity index (χ1v) is 18.3. The summed E-state index contributed by atoms with van der Waals surface area (Å²) in [5, 5.41) is 5.01. The Hall–Kier alpha value is -6.64. The Morgan fingerprint density at radius 2 is 0.906 bits per heavy atom. The summed E-state index contributed by atoms with van der Waals surface area (Å²) < 4.78 is 0. The van der Waals surface area contributed by atoms with E-state index in [2.05, 4.69) is 172 Å². The molecule has 10 rings (SSSR count). The molecule has 250 valence electrons. The van der Waals surface area contributed by atoms with Gasteiger partial charge in [0.15, 0.2) is 5.82 Å². The summed E-state index contributed by atoms with van der Waals surface area (Å²) >= 11 is 0. The van der Waals surface area contributed by atoms with Gasteiger partial charge in [-0.05, 0) is 78.2 Å². The number of fused-ring (bicyclic) bond motifs is 6. The molecule has 9 aromatic rings. The van der Waals surface area contributed by atoms with E-state index in [4.69, 9.17) is 9.97 Å². The molecule has 0 radical (unpaired) electrons. The van der Waals surface area contributed by atoms with Crippen molar-refractivity contribution in [1.29, 1.82) is 0 Å². The summed E-state index contributed by atoms with van der Waals surface area (Å²) in [6, 6.07) is 65.3. The van der Waals surface area contributed by atoms with Crippen LogP contribution < -0.4 is 0 Å². The Bertz CT molecular complexity index is 2780. The largest absolute Gasteiger partial charge is 0.228 e. The minimum atomic E-state index is -0.0878. The SMILES string of the molecule is CC1(C)c2cc(-c3ccc(-c4ccc(-c5cc(-c6ccccc6)nc(-c6ccccc6)n5)c5ccccc45)cc3)ccc2-c2ccc3ccccc3c21. The van der Waals surface area contributed by atoms with E-state index >= 15 is 0 Å². The van der Waals surface area contributed by atoms with Crippen molar-refractivity contribution in [1.82, 2.24) is 9.97 Å². The summed E-state index contributed by atoms with van der Waals surface area (Å²) in [6.45, 7) is 4.75. The molecule has 1 aliphatic rings. The average Bonchev–Trinajstić information content (AvgIpc) is 3.46. The van der Waals surface area contributed by atoms with Crippen LogP contribution in [0.4, 0.5) is 0 Å². The number of aromatic nitrogens is 2. The molecule has 0 N–H and O–H groups in total. The minimum absolute atomic E-state index is 0.0878. The highest BCUT2D eigenvalue weighted by Gasteiger charge is 2.37. The number of nitrogens with zero attached hydrogens (tertiary/aromatic N) is 2. The van der Waals surface area contributed by atoms with Crippen LogP contribution in [0.1, 0.15) is 25.0 Å². The molecule has 1 aliphatic carbocycles. The molecule has 2 nitrogen and oxygen atoms in total. The Morgan fingerprint density at radius 3 is 1.66 bits per heavy atom. The van der Waals surface area contributed by atoms with E-state index in [9.17, 15) is 0 Å². The summed E-state index contributed by atoms with van der Waals surface area (Å²) in [5.74, 6) is 0.720. The van der Waals surface area contributed by atoms with Gasteiger partial charge in [0.25, 0.3) is 0 Å². The molecule has 0 saturated heterocycles. The second kappa shape index (κ2) is 12.3. The maximum atomic E-state index is 5.15. The molecule has 53 heavy (non-hydrogen) atoms. The zero-order chi connectivity index (χ0) is 35.5. The highest BCUT2D eigenvalue weighted by Crippen LogP contribution is 2.52. The van der Waals surface area contributed by atoms with Crippen molar-refractivity contribution in [3.05, 3.63) is 193 Å². The van der Waals surface area contributed by atoms with E-state index in [1.807, 2.05) is 24.3 Å². The van der Waals surface area contributed by atoms with Gasteiger partial charge in [-0.3, -0.25) is 0 Å². The average molecular weight is 677 g/mol. The lowest BCUT2D eigenvalue weighted by molar-refractivity contribution is 0.666. The van der Waals surface area contributed by atoms with Crippen molar-refractivity contribution in [2.24, 2.45) is 0 Å². The van der Waals surface area contributed by atoms with E-state index in [0.29, 0.717) is 0 Å².